The third-order valence-corrected chi connectivity index (χ3v) is 3.89. The molecule has 0 bridgehead atoms. The fourth-order valence-electron chi connectivity index (χ4n) is 2.56. The number of aliphatic hydroxyl groups is 2. The third-order valence-electron chi connectivity index (χ3n) is 3.89. The molecule has 0 aliphatic carbocycles. The van der Waals surface area contributed by atoms with Crippen molar-refractivity contribution >= 4 is 11.9 Å². The van der Waals surface area contributed by atoms with Gasteiger partial charge in [0.15, 0.2) is 6.10 Å². The molecule has 6 heteroatoms. The second kappa shape index (κ2) is 11.0. The Balaban J connectivity index is 2.78. The number of hydrogen-bond donors (Lipinski definition) is 2. The maximum Gasteiger partial charge on any atom is 0.347 e. The second-order valence-corrected chi connectivity index (χ2v) is 5.92. The van der Waals surface area contributed by atoms with Gasteiger partial charge in [-0.15, -0.1) is 0 Å². The van der Waals surface area contributed by atoms with Crippen LogP contribution < -0.4 is 0 Å². The van der Waals surface area contributed by atoms with Crippen LogP contribution in [0.5, 0.6) is 0 Å². The Bertz CT molecular complexity index is 456. The quantitative estimate of drug-likeness (QED) is 0.452. The van der Waals surface area contributed by atoms with Gasteiger partial charge in [0.05, 0.1) is 6.10 Å². The topological polar surface area (TPSA) is 93.1 Å². The number of esters is 2. The highest BCUT2D eigenvalue weighted by Crippen LogP contribution is 2.20. The summed E-state index contributed by atoms with van der Waals surface area (Å²) in [6, 6.07) is 0. The van der Waals surface area contributed by atoms with Crippen molar-refractivity contribution < 1.29 is 29.3 Å². The molecule has 1 aliphatic rings. The Kier molecular flexibility index (Phi) is 9.34. The van der Waals surface area contributed by atoms with Gasteiger partial charge in [-0.2, -0.15) is 0 Å². The molecule has 0 aromatic heterocycles. The van der Waals surface area contributed by atoms with Gasteiger partial charge in [0.1, 0.15) is 12.2 Å². The molecule has 24 heavy (non-hydrogen) atoms. The van der Waals surface area contributed by atoms with Crippen LogP contribution in [0.1, 0.15) is 52.4 Å². The van der Waals surface area contributed by atoms with Crippen molar-refractivity contribution in [2.45, 2.75) is 76.8 Å². The summed E-state index contributed by atoms with van der Waals surface area (Å²) in [5.41, 5.74) is 0. The molecule has 0 aromatic rings. The van der Waals surface area contributed by atoms with Crippen LogP contribution in [-0.4, -0.2) is 46.6 Å². The minimum atomic E-state index is -1.13. The highest BCUT2D eigenvalue weighted by atomic mass is 16.6. The van der Waals surface area contributed by atoms with Crippen molar-refractivity contribution in [2.24, 2.45) is 0 Å². The number of ether oxygens (including phenoxy) is 2. The average molecular weight is 340 g/mol. The number of allylic oxidation sites excluding steroid dienone is 3. The van der Waals surface area contributed by atoms with Crippen molar-refractivity contribution in [3.8, 4) is 0 Å². The smallest absolute Gasteiger partial charge is 0.347 e. The van der Waals surface area contributed by atoms with Gasteiger partial charge in [-0.05, 0) is 32.6 Å². The van der Waals surface area contributed by atoms with E-state index in [1.807, 2.05) is 13.8 Å². The van der Waals surface area contributed by atoms with Crippen LogP contribution in [-0.2, 0) is 19.1 Å². The molecule has 1 heterocycles. The number of aliphatic hydroxyl groups excluding tert-OH is 2. The summed E-state index contributed by atoms with van der Waals surface area (Å²) < 4.78 is 10.5. The van der Waals surface area contributed by atoms with Crippen molar-refractivity contribution in [1.29, 1.82) is 0 Å². The number of cyclic esters (lactones) is 1. The zero-order chi connectivity index (χ0) is 17.9. The molecule has 2 N–H and O–H groups in total. The maximum atomic E-state index is 12.3. The van der Waals surface area contributed by atoms with E-state index in [2.05, 4.69) is 0 Å². The fraction of sp³-hybridized carbons (Fsp3) is 0.667. The Morgan fingerprint density at radius 2 is 2.00 bits per heavy atom. The highest BCUT2D eigenvalue weighted by Gasteiger charge is 2.33. The van der Waals surface area contributed by atoms with E-state index in [0.717, 1.165) is 0 Å². The van der Waals surface area contributed by atoms with Gasteiger partial charge >= 0.3 is 11.9 Å². The minimum Gasteiger partial charge on any atom is -0.457 e. The van der Waals surface area contributed by atoms with E-state index in [0.29, 0.717) is 38.5 Å². The predicted octanol–water partition coefficient (Wildman–Crippen LogP) is 2.04. The van der Waals surface area contributed by atoms with Gasteiger partial charge in [-0.3, -0.25) is 0 Å². The van der Waals surface area contributed by atoms with Crippen LogP contribution in [0.3, 0.4) is 0 Å². The van der Waals surface area contributed by atoms with Crippen LogP contribution in [0.25, 0.3) is 0 Å². The Hall–Kier alpha value is -1.66. The fourth-order valence-corrected chi connectivity index (χ4v) is 2.56. The lowest BCUT2D eigenvalue weighted by atomic mass is 9.97. The standard InChI is InChI=1S/C18H28O6/c1-3-5-6-12-16(20)23-15-11-8-7-10-13(19)17(21)14(9-4-2)24-18(15)22/h3,5-6,12-15,17,19,21H,4,7-11H2,1-2H3. The van der Waals surface area contributed by atoms with Gasteiger partial charge in [-0.1, -0.05) is 38.0 Å². The molecule has 0 radical (unpaired) electrons. The van der Waals surface area contributed by atoms with Crippen molar-refractivity contribution in [3.05, 3.63) is 24.3 Å². The Labute approximate surface area is 143 Å². The summed E-state index contributed by atoms with van der Waals surface area (Å²) in [7, 11) is 0. The predicted molar refractivity (Wildman–Crippen MR) is 89.1 cm³/mol. The van der Waals surface area contributed by atoms with Gasteiger partial charge < -0.3 is 19.7 Å². The summed E-state index contributed by atoms with van der Waals surface area (Å²) in [4.78, 5) is 24.1. The van der Waals surface area contributed by atoms with Gasteiger partial charge in [0.2, 0.25) is 0 Å². The van der Waals surface area contributed by atoms with E-state index < -0.39 is 36.4 Å². The van der Waals surface area contributed by atoms with E-state index in [-0.39, 0.29) is 0 Å². The number of rotatable bonds is 5. The number of carbonyl (C=O) groups is 2. The minimum absolute atomic E-state index is 0.337. The molecule has 1 saturated heterocycles. The molecule has 0 aromatic carbocycles. The first kappa shape index (κ1) is 20.4. The molecular formula is C18H28O6. The van der Waals surface area contributed by atoms with Crippen molar-refractivity contribution in [2.75, 3.05) is 0 Å². The molecule has 0 spiro atoms. The molecular weight excluding hydrogens is 312 g/mol. The molecule has 0 saturated carbocycles. The lowest BCUT2D eigenvalue weighted by Crippen LogP contribution is -2.43. The first-order chi connectivity index (χ1) is 11.5. The van der Waals surface area contributed by atoms with Crippen molar-refractivity contribution in [1.82, 2.24) is 0 Å². The number of hydrogen-bond acceptors (Lipinski definition) is 6. The Morgan fingerprint density at radius 3 is 2.67 bits per heavy atom. The summed E-state index contributed by atoms with van der Waals surface area (Å²) in [6.07, 6.45) is 5.50. The number of carbonyl (C=O) groups excluding carboxylic acids is 2. The second-order valence-electron chi connectivity index (χ2n) is 5.92. The van der Waals surface area contributed by atoms with Crippen LogP contribution in [0, 0.1) is 0 Å². The Morgan fingerprint density at radius 1 is 1.29 bits per heavy atom. The molecule has 1 aliphatic heterocycles. The van der Waals surface area contributed by atoms with Gasteiger partial charge in [0, 0.05) is 6.08 Å². The van der Waals surface area contributed by atoms with Crippen LogP contribution >= 0.6 is 0 Å². The van der Waals surface area contributed by atoms with Crippen LogP contribution in [0.4, 0.5) is 0 Å². The molecule has 1 fully saturated rings. The molecule has 4 unspecified atom stereocenters. The van der Waals surface area contributed by atoms with Crippen LogP contribution in [0.15, 0.2) is 24.3 Å². The molecule has 0 amide bonds. The van der Waals surface area contributed by atoms with E-state index in [1.54, 1.807) is 12.2 Å². The summed E-state index contributed by atoms with van der Waals surface area (Å²) >= 11 is 0. The summed E-state index contributed by atoms with van der Waals surface area (Å²) in [5, 5.41) is 20.1. The first-order valence-electron chi connectivity index (χ1n) is 8.56. The molecule has 6 nitrogen and oxygen atoms in total. The van der Waals surface area contributed by atoms with E-state index in [9.17, 15) is 19.8 Å². The SMILES string of the molecule is CC=CC=CC(=O)OC1CCCCC(O)C(O)C(CCC)OC1=O. The zero-order valence-electron chi connectivity index (χ0n) is 14.4. The van der Waals surface area contributed by atoms with Gasteiger partial charge in [-0.25, -0.2) is 9.59 Å². The largest absolute Gasteiger partial charge is 0.457 e. The highest BCUT2D eigenvalue weighted by molar-refractivity contribution is 5.85. The monoisotopic (exact) mass is 340 g/mol. The molecule has 136 valence electrons. The van der Waals surface area contributed by atoms with Crippen LogP contribution in [0.2, 0.25) is 0 Å². The molecule has 4 atom stereocenters. The normalized spacial score (nSPS) is 29.6. The van der Waals surface area contributed by atoms with E-state index >= 15 is 0 Å². The first-order valence-corrected chi connectivity index (χ1v) is 8.56. The summed E-state index contributed by atoms with van der Waals surface area (Å²) in [6.45, 7) is 3.72. The van der Waals surface area contributed by atoms with E-state index in [4.69, 9.17) is 9.47 Å². The zero-order valence-corrected chi connectivity index (χ0v) is 14.4. The third kappa shape index (κ3) is 6.84. The van der Waals surface area contributed by atoms with Crippen molar-refractivity contribution in [3.63, 3.8) is 0 Å². The maximum absolute atomic E-state index is 12.3. The van der Waals surface area contributed by atoms with E-state index in [1.165, 1.54) is 12.2 Å². The average Bonchev–Trinajstić information content (AvgIpc) is 2.55. The molecule has 1 rings (SSSR count). The lowest BCUT2D eigenvalue weighted by Gasteiger charge is -2.29. The lowest BCUT2D eigenvalue weighted by molar-refractivity contribution is -0.179. The van der Waals surface area contributed by atoms with Gasteiger partial charge in [0.25, 0.3) is 0 Å². The summed E-state index contributed by atoms with van der Waals surface area (Å²) in [5.74, 6) is -1.28.